The Morgan fingerprint density at radius 1 is 1.33 bits per heavy atom. The number of thioether (sulfide) groups is 1. The van der Waals surface area contributed by atoms with E-state index in [4.69, 9.17) is 4.74 Å². The van der Waals surface area contributed by atoms with E-state index in [-0.39, 0.29) is 28.7 Å². The first kappa shape index (κ1) is 22.5. The average Bonchev–Trinajstić information content (AvgIpc) is 2.73. The minimum Gasteiger partial charge on any atom is -0.381 e. The van der Waals surface area contributed by atoms with Crippen LogP contribution in [0.4, 0.5) is 5.82 Å². The number of hydrogen-bond donors (Lipinski definition) is 2. The van der Waals surface area contributed by atoms with Crippen molar-refractivity contribution in [1.82, 2.24) is 15.6 Å². The van der Waals surface area contributed by atoms with Crippen molar-refractivity contribution in [1.29, 1.82) is 0 Å². The minimum absolute atomic E-state index is 0. The Morgan fingerprint density at radius 3 is 2.67 bits per heavy atom. The lowest BCUT2D eigenvalue weighted by atomic mass is 9.99. The van der Waals surface area contributed by atoms with Crippen LogP contribution in [0.15, 0.2) is 29.4 Å². The molecule has 0 aromatic carbocycles. The number of piperidine rings is 1. The third kappa shape index (κ3) is 6.39. The van der Waals surface area contributed by atoms with Gasteiger partial charge in [-0.1, -0.05) is 6.07 Å². The number of nitrogens with one attached hydrogen (secondary N) is 2. The first-order chi connectivity index (χ1) is 12.7. The lowest BCUT2D eigenvalue weighted by Gasteiger charge is -2.37. The van der Waals surface area contributed by atoms with Gasteiger partial charge in [-0.15, -0.1) is 24.0 Å². The van der Waals surface area contributed by atoms with E-state index < -0.39 is 0 Å². The van der Waals surface area contributed by atoms with Crippen molar-refractivity contribution in [3.63, 3.8) is 0 Å². The Labute approximate surface area is 184 Å². The predicted molar refractivity (Wildman–Crippen MR) is 126 cm³/mol. The molecule has 3 rings (SSSR count). The molecule has 0 amide bonds. The van der Waals surface area contributed by atoms with E-state index >= 15 is 0 Å². The number of guanidine groups is 1. The maximum absolute atomic E-state index is 5.53. The summed E-state index contributed by atoms with van der Waals surface area (Å²) in [5.74, 6) is 2.00. The zero-order chi connectivity index (χ0) is 18.2. The summed E-state index contributed by atoms with van der Waals surface area (Å²) in [6.07, 6.45) is 8.46. The molecular formula is C19H32IN5OS. The van der Waals surface area contributed by atoms with Crippen molar-refractivity contribution in [2.45, 2.75) is 36.5 Å². The second-order valence-corrected chi connectivity index (χ2v) is 8.29. The molecule has 8 heteroatoms. The molecule has 2 fully saturated rings. The lowest BCUT2D eigenvalue weighted by Crippen LogP contribution is -2.52. The molecule has 0 aliphatic carbocycles. The van der Waals surface area contributed by atoms with Crippen LogP contribution >= 0.6 is 35.7 Å². The van der Waals surface area contributed by atoms with Crippen molar-refractivity contribution in [2.24, 2.45) is 4.99 Å². The highest BCUT2D eigenvalue weighted by Gasteiger charge is 2.32. The summed E-state index contributed by atoms with van der Waals surface area (Å²) >= 11 is 1.95. The van der Waals surface area contributed by atoms with E-state index in [9.17, 15) is 0 Å². The van der Waals surface area contributed by atoms with Crippen molar-refractivity contribution in [2.75, 3.05) is 51.1 Å². The lowest BCUT2D eigenvalue weighted by molar-refractivity contribution is 0.0782. The molecule has 0 unspecified atom stereocenters. The Balaban J connectivity index is 0.00000261. The van der Waals surface area contributed by atoms with Gasteiger partial charge in [0.2, 0.25) is 0 Å². The third-order valence-electron chi connectivity index (χ3n) is 5.45. The normalized spacial score (nSPS) is 20.7. The summed E-state index contributed by atoms with van der Waals surface area (Å²) in [4.78, 5) is 11.3. The first-order valence-electron chi connectivity index (χ1n) is 9.51. The van der Waals surface area contributed by atoms with E-state index in [2.05, 4.69) is 43.9 Å². The van der Waals surface area contributed by atoms with E-state index in [1.807, 2.05) is 31.1 Å². The number of anilines is 1. The van der Waals surface area contributed by atoms with Crippen LogP contribution in [-0.2, 0) is 4.74 Å². The zero-order valence-corrected chi connectivity index (χ0v) is 19.5. The molecular weight excluding hydrogens is 473 g/mol. The molecule has 27 heavy (non-hydrogen) atoms. The second kappa shape index (κ2) is 11.3. The van der Waals surface area contributed by atoms with Crippen LogP contribution in [0.3, 0.4) is 0 Å². The van der Waals surface area contributed by atoms with Crippen LogP contribution in [0.2, 0.25) is 0 Å². The average molecular weight is 505 g/mol. The molecule has 1 aromatic rings. The molecule has 2 aliphatic heterocycles. The molecule has 0 radical (unpaired) electrons. The smallest absolute Gasteiger partial charge is 0.191 e. The number of pyridine rings is 1. The van der Waals surface area contributed by atoms with Crippen molar-refractivity contribution in [3.05, 3.63) is 24.4 Å². The molecule has 0 spiro atoms. The van der Waals surface area contributed by atoms with Crippen molar-refractivity contribution < 1.29 is 4.74 Å². The highest BCUT2D eigenvalue weighted by molar-refractivity contribution is 14.0. The highest BCUT2D eigenvalue weighted by atomic mass is 127. The zero-order valence-electron chi connectivity index (χ0n) is 16.3. The van der Waals surface area contributed by atoms with Gasteiger partial charge in [-0.25, -0.2) is 4.98 Å². The maximum Gasteiger partial charge on any atom is 0.191 e. The minimum atomic E-state index is 0. The highest BCUT2D eigenvalue weighted by Crippen LogP contribution is 2.32. The maximum atomic E-state index is 5.53. The Morgan fingerprint density at radius 2 is 2.07 bits per heavy atom. The first-order valence-corrected chi connectivity index (χ1v) is 10.7. The predicted octanol–water partition coefficient (Wildman–Crippen LogP) is 2.75. The van der Waals surface area contributed by atoms with E-state index in [1.54, 1.807) is 0 Å². The van der Waals surface area contributed by atoms with Crippen LogP contribution in [-0.4, -0.2) is 67.9 Å². The van der Waals surface area contributed by atoms with Gasteiger partial charge >= 0.3 is 0 Å². The molecule has 1 aromatic heterocycles. The largest absolute Gasteiger partial charge is 0.381 e. The topological polar surface area (TPSA) is 61.8 Å². The van der Waals surface area contributed by atoms with E-state index in [0.717, 1.165) is 70.3 Å². The fourth-order valence-electron chi connectivity index (χ4n) is 3.62. The summed E-state index contributed by atoms with van der Waals surface area (Å²) in [6.45, 7) is 4.71. The number of aliphatic imine (C=N–C) groups is 1. The van der Waals surface area contributed by atoms with Crippen LogP contribution in [0.25, 0.3) is 0 Å². The SMILES string of the molecule is CN=C(NCC1(SC)CCOCC1)NC1CCN(c2ccccn2)CC1.I. The fraction of sp³-hybridized carbons (Fsp3) is 0.684. The van der Waals surface area contributed by atoms with Crippen LogP contribution in [0.1, 0.15) is 25.7 Å². The van der Waals surface area contributed by atoms with Crippen LogP contribution in [0.5, 0.6) is 0 Å². The second-order valence-electron chi connectivity index (χ2n) is 7.02. The van der Waals surface area contributed by atoms with E-state index in [1.165, 1.54) is 0 Å². The Hall–Kier alpha value is -0.740. The summed E-state index contributed by atoms with van der Waals surface area (Å²) in [6, 6.07) is 6.56. The summed E-state index contributed by atoms with van der Waals surface area (Å²) in [5.41, 5.74) is 0. The van der Waals surface area contributed by atoms with Gasteiger partial charge in [0.1, 0.15) is 5.82 Å². The fourth-order valence-corrected chi connectivity index (χ4v) is 4.41. The van der Waals surface area contributed by atoms with Crippen LogP contribution in [0, 0.1) is 0 Å². The molecule has 3 heterocycles. The summed E-state index contributed by atoms with van der Waals surface area (Å²) in [5, 5.41) is 7.17. The van der Waals surface area contributed by atoms with Crippen LogP contribution < -0.4 is 15.5 Å². The quantitative estimate of drug-likeness (QED) is 0.365. The van der Waals surface area contributed by atoms with Gasteiger partial charge in [0.25, 0.3) is 0 Å². The molecule has 0 bridgehead atoms. The van der Waals surface area contributed by atoms with Gasteiger partial charge < -0.3 is 20.3 Å². The van der Waals surface area contributed by atoms with Crippen molar-refractivity contribution >= 4 is 47.5 Å². The van der Waals surface area contributed by atoms with Gasteiger partial charge in [0, 0.05) is 56.9 Å². The number of nitrogens with zero attached hydrogens (tertiary/aromatic N) is 3. The number of aromatic nitrogens is 1. The molecule has 2 N–H and O–H groups in total. The van der Waals surface area contributed by atoms with Gasteiger partial charge in [0.05, 0.1) is 0 Å². The third-order valence-corrected chi connectivity index (χ3v) is 6.87. The van der Waals surface area contributed by atoms with Gasteiger partial charge in [-0.05, 0) is 44.1 Å². The number of rotatable bonds is 5. The number of hydrogen-bond acceptors (Lipinski definition) is 5. The standard InChI is InChI=1S/C19H31N5OS.HI/c1-20-18(22-15-19(26-2)8-13-25-14-9-19)23-16-6-11-24(12-7-16)17-5-3-4-10-21-17;/h3-5,10,16H,6-9,11-15H2,1-2H3,(H2,20,22,23);1H. The van der Waals surface area contributed by atoms with Gasteiger partial charge in [-0.2, -0.15) is 11.8 Å². The number of halogens is 1. The molecule has 6 nitrogen and oxygen atoms in total. The summed E-state index contributed by atoms with van der Waals surface area (Å²) in [7, 11) is 1.86. The molecule has 0 saturated carbocycles. The van der Waals surface area contributed by atoms with Gasteiger partial charge in [-0.3, -0.25) is 4.99 Å². The monoisotopic (exact) mass is 505 g/mol. The summed E-state index contributed by atoms with van der Waals surface area (Å²) < 4.78 is 5.79. The molecule has 2 aliphatic rings. The molecule has 0 atom stereocenters. The Kier molecular flexibility index (Phi) is 9.44. The van der Waals surface area contributed by atoms with Crippen molar-refractivity contribution in [3.8, 4) is 0 Å². The van der Waals surface area contributed by atoms with Gasteiger partial charge in [0.15, 0.2) is 5.96 Å². The van der Waals surface area contributed by atoms with E-state index in [0.29, 0.717) is 6.04 Å². The number of ether oxygens (including phenoxy) is 1. The Bertz CT molecular complexity index is 575. The molecule has 152 valence electrons. The molecule has 2 saturated heterocycles.